The summed E-state index contributed by atoms with van der Waals surface area (Å²) in [6.45, 7) is 2.21. The Morgan fingerprint density at radius 2 is 1.65 bits per heavy atom. The van der Waals surface area contributed by atoms with Crippen LogP contribution in [-0.2, 0) is 5.41 Å². The van der Waals surface area contributed by atoms with E-state index in [1.165, 1.54) is 44.1 Å². The summed E-state index contributed by atoms with van der Waals surface area (Å²) < 4.78 is 0. The van der Waals surface area contributed by atoms with Crippen molar-refractivity contribution < 1.29 is 0 Å². The molecule has 3 saturated carbocycles. The van der Waals surface area contributed by atoms with Crippen LogP contribution in [0.4, 0.5) is 0 Å². The Hall–Kier alpha value is -0.820. The van der Waals surface area contributed by atoms with E-state index in [1.54, 1.807) is 5.56 Å². The second kappa shape index (κ2) is 3.84. The van der Waals surface area contributed by atoms with Crippen molar-refractivity contribution in [2.24, 2.45) is 0 Å². The van der Waals surface area contributed by atoms with Crippen LogP contribution in [0.25, 0.3) is 0 Å². The summed E-state index contributed by atoms with van der Waals surface area (Å²) in [4.78, 5) is 0. The minimum atomic E-state index is 0.478. The standard InChI is InChI=1S/C16H23N/c1-13-4-3-5-14(12-13)15-6-9-16(17-2,10-7-15)11-8-15/h3-5,12,17H,6-11H2,1-2H3. The summed E-state index contributed by atoms with van der Waals surface area (Å²) in [5.74, 6) is 0. The topological polar surface area (TPSA) is 12.0 Å². The summed E-state index contributed by atoms with van der Waals surface area (Å²) in [6.07, 6.45) is 8.19. The number of hydrogen-bond donors (Lipinski definition) is 1. The predicted molar refractivity (Wildman–Crippen MR) is 72.3 cm³/mol. The van der Waals surface area contributed by atoms with Gasteiger partial charge in [0, 0.05) is 5.54 Å². The zero-order valence-electron chi connectivity index (χ0n) is 11.1. The van der Waals surface area contributed by atoms with Crippen molar-refractivity contribution in [2.75, 3.05) is 7.05 Å². The van der Waals surface area contributed by atoms with Gasteiger partial charge in [0.15, 0.2) is 0 Å². The van der Waals surface area contributed by atoms with Gasteiger partial charge in [-0.1, -0.05) is 29.8 Å². The first-order valence-corrected chi connectivity index (χ1v) is 6.94. The van der Waals surface area contributed by atoms with Gasteiger partial charge in [-0.15, -0.1) is 0 Å². The molecule has 0 radical (unpaired) electrons. The van der Waals surface area contributed by atoms with Gasteiger partial charge in [-0.05, 0) is 63.5 Å². The van der Waals surface area contributed by atoms with E-state index < -0.39 is 0 Å². The normalized spacial score (nSPS) is 36.1. The summed E-state index contributed by atoms with van der Waals surface area (Å²) in [7, 11) is 2.14. The molecule has 1 aromatic carbocycles. The third kappa shape index (κ3) is 1.72. The van der Waals surface area contributed by atoms with E-state index >= 15 is 0 Å². The van der Waals surface area contributed by atoms with Crippen molar-refractivity contribution in [2.45, 2.75) is 56.4 Å². The maximum atomic E-state index is 3.59. The van der Waals surface area contributed by atoms with Gasteiger partial charge in [0.1, 0.15) is 0 Å². The molecular weight excluding hydrogens is 206 g/mol. The van der Waals surface area contributed by atoms with E-state index in [-0.39, 0.29) is 0 Å². The van der Waals surface area contributed by atoms with Crippen LogP contribution in [0.1, 0.15) is 49.7 Å². The molecule has 0 unspecified atom stereocenters. The Balaban J connectivity index is 1.90. The lowest BCUT2D eigenvalue weighted by Crippen LogP contribution is -2.54. The maximum absolute atomic E-state index is 3.59. The number of hydrogen-bond acceptors (Lipinski definition) is 1. The van der Waals surface area contributed by atoms with Crippen LogP contribution in [0.2, 0.25) is 0 Å². The Labute approximate surface area is 105 Å². The van der Waals surface area contributed by atoms with Crippen molar-refractivity contribution in [1.82, 2.24) is 5.32 Å². The van der Waals surface area contributed by atoms with E-state index in [0.717, 1.165) is 0 Å². The van der Waals surface area contributed by atoms with Crippen LogP contribution in [0.15, 0.2) is 24.3 Å². The molecule has 3 aliphatic rings. The monoisotopic (exact) mass is 229 g/mol. The lowest BCUT2D eigenvalue weighted by Gasteiger charge is -2.54. The van der Waals surface area contributed by atoms with E-state index in [2.05, 4.69) is 43.6 Å². The highest BCUT2D eigenvalue weighted by molar-refractivity contribution is 5.32. The fraction of sp³-hybridized carbons (Fsp3) is 0.625. The van der Waals surface area contributed by atoms with Gasteiger partial charge in [0.25, 0.3) is 0 Å². The molecule has 3 aliphatic carbocycles. The molecule has 92 valence electrons. The van der Waals surface area contributed by atoms with Gasteiger partial charge in [-0.2, -0.15) is 0 Å². The van der Waals surface area contributed by atoms with Crippen molar-refractivity contribution in [1.29, 1.82) is 0 Å². The average molecular weight is 229 g/mol. The smallest absolute Gasteiger partial charge is 0.0179 e. The van der Waals surface area contributed by atoms with Crippen molar-refractivity contribution >= 4 is 0 Å². The number of nitrogens with one attached hydrogen (secondary N) is 1. The van der Waals surface area contributed by atoms with Crippen LogP contribution in [0.3, 0.4) is 0 Å². The van der Waals surface area contributed by atoms with Gasteiger partial charge < -0.3 is 5.32 Å². The number of fused-ring (bicyclic) bond motifs is 3. The Bertz CT molecular complexity index is 397. The molecular formula is C16H23N. The zero-order chi connectivity index (χ0) is 11.9. The summed E-state index contributed by atoms with van der Waals surface area (Å²) in [5, 5.41) is 3.59. The first-order valence-electron chi connectivity index (χ1n) is 6.94. The molecule has 0 saturated heterocycles. The SMILES string of the molecule is CNC12CCC(c3cccc(C)c3)(CC1)CC2. The molecule has 3 fully saturated rings. The molecule has 2 bridgehead atoms. The Kier molecular flexibility index (Phi) is 2.55. The summed E-state index contributed by atoms with van der Waals surface area (Å²) >= 11 is 0. The Morgan fingerprint density at radius 1 is 1.00 bits per heavy atom. The number of benzene rings is 1. The van der Waals surface area contributed by atoms with E-state index in [1.807, 2.05) is 0 Å². The molecule has 1 nitrogen and oxygen atoms in total. The third-order valence-corrected chi connectivity index (χ3v) is 5.41. The fourth-order valence-electron chi connectivity index (χ4n) is 3.97. The highest BCUT2D eigenvalue weighted by Crippen LogP contribution is 2.53. The fourth-order valence-corrected chi connectivity index (χ4v) is 3.97. The highest BCUT2D eigenvalue weighted by atomic mass is 15.0. The minimum absolute atomic E-state index is 0.478. The lowest BCUT2D eigenvalue weighted by molar-refractivity contribution is 0.0834. The molecule has 1 aromatic rings. The second-order valence-corrected chi connectivity index (χ2v) is 6.18. The molecule has 0 heterocycles. The number of rotatable bonds is 2. The minimum Gasteiger partial charge on any atom is -0.314 e. The van der Waals surface area contributed by atoms with Crippen LogP contribution < -0.4 is 5.32 Å². The largest absolute Gasteiger partial charge is 0.314 e. The second-order valence-electron chi connectivity index (χ2n) is 6.18. The molecule has 0 spiro atoms. The summed E-state index contributed by atoms with van der Waals surface area (Å²) in [6, 6.07) is 9.21. The third-order valence-electron chi connectivity index (χ3n) is 5.41. The molecule has 1 N–H and O–H groups in total. The van der Waals surface area contributed by atoms with Crippen molar-refractivity contribution in [3.8, 4) is 0 Å². The lowest BCUT2D eigenvalue weighted by atomic mass is 9.55. The quantitative estimate of drug-likeness (QED) is 0.817. The van der Waals surface area contributed by atoms with Crippen LogP contribution >= 0.6 is 0 Å². The van der Waals surface area contributed by atoms with Crippen LogP contribution in [0, 0.1) is 6.92 Å². The Morgan fingerprint density at radius 3 is 2.18 bits per heavy atom. The van der Waals surface area contributed by atoms with Gasteiger partial charge in [0.2, 0.25) is 0 Å². The van der Waals surface area contributed by atoms with Gasteiger partial charge in [-0.25, -0.2) is 0 Å². The maximum Gasteiger partial charge on any atom is 0.0179 e. The predicted octanol–water partition coefficient (Wildman–Crippen LogP) is 3.56. The molecule has 0 amide bonds. The van der Waals surface area contributed by atoms with Gasteiger partial charge in [-0.3, -0.25) is 0 Å². The first kappa shape index (κ1) is 11.3. The summed E-state index contributed by atoms with van der Waals surface area (Å²) in [5.41, 5.74) is 3.99. The molecule has 4 rings (SSSR count). The van der Waals surface area contributed by atoms with Crippen molar-refractivity contribution in [3.63, 3.8) is 0 Å². The molecule has 0 aromatic heterocycles. The van der Waals surface area contributed by atoms with Crippen LogP contribution in [-0.4, -0.2) is 12.6 Å². The van der Waals surface area contributed by atoms with Gasteiger partial charge in [0.05, 0.1) is 0 Å². The van der Waals surface area contributed by atoms with E-state index in [9.17, 15) is 0 Å². The molecule has 17 heavy (non-hydrogen) atoms. The highest BCUT2D eigenvalue weighted by Gasteiger charge is 2.48. The van der Waals surface area contributed by atoms with Crippen LogP contribution in [0.5, 0.6) is 0 Å². The zero-order valence-corrected chi connectivity index (χ0v) is 11.1. The molecule has 0 aliphatic heterocycles. The molecule has 1 heteroatoms. The van der Waals surface area contributed by atoms with E-state index in [0.29, 0.717) is 11.0 Å². The first-order chi connectivity index (χ1) is 8.18. The number of aryl methyl sites for hydroxylation is 1. The van der Waals surface area contributed by atoms with E-state index in [4.69, 9.17) is 0 Å². The van der Waals surface area contributed by atoms with Crippen molar-refractivity contribution in [3.05, 3.63) is 35.4 Å². The average Bonchev–Trinajstić information content (AvgIpc) is 2.41. The molecule has 0 atom stereocenters. The van der Waals surface area contributed by atoms with Gasteiger partial charge >= 0.3 is 0 Å².